The highest BCUT2D eigenvalue weighted by Gasteiger charge is 2.47. The topological polar surface area (TPSA) is 99.2 Å². The summed E-state index contributed by atoms with van der Waals surface area (Å²) in [4.78, 5) is 38.4. The highest BCUT2D eigenvalue weighted by molar-refractivity contribution is 5.94. The summed E-state index contributed by atoms with van der Waals surface area (Å²) >= 11 is 0. The second kappa shape index (κ2) is 7.27. The number of benzene rings is 1. The molecule has 148 valence electrons. The Labute approximate surface area is 162 Å². The number of hydrogen-bond acceptors (Lipinski definition) is 5. The number of carbonyl (C=O) groups excluding carboxylic acids is 3. The molecule has 8 nitrogen and oxygen atoms in total. The molecule has 0 bridgehead atoms. The summed E-state index contributed by atoms with van der Waals surface area (Å²) in [5.74, 6) is -0.404. The van der Waals surface area contributed by atoms with Gasteiger partial charge < -0.3 is 20.1 Å². The first-order valence-corrected chi connectivity index (χ1v) is 9.43. The molecule has 1 aromatic carbocycles. The van der Waals surface area contributed by atoms with Crippen LogP contribution in [0.1, 0.15) is 24.5 Å². The number of amides is 3. The molecule has 3 heterocycles. The maximum Gasteiger partial charge on any atom is 0.415 e. The Hall–Kier alpha value is -2.87. The lowest BCUT2D eigenvalue weighted by atomic mass is 9.96. The van der Waals surface area contributed by atoms with Crippen molar-refractivity contribution in [1.82, 2.24) is 10.2 Å². The first-order chi connectivity index (χ1) is 13.5. The Morgan fingerprint density at radius 2 is 2.18 bits per heavy atom. The van der Waals surface area contributed by atoms with Gasteiger partial charge in [-0.15, -0.1) is 0 Å². The van der Waals surface area contributed by atoms with Crippen LogP contribution in [0.4, 0.5) is 10.5 Å². The monoisotopic (exact) mass is 385 g/mol. The summed E-state index contributed by atoms with van der Waals surface area (Å²) in [5.41, 5.74) is 4.19. The summed E-state index contributed by atoms with van der Waals surface area (Å²) < 4.78 is 5.43. The number of anilines is 1. The fourth-order valence-electron chi connectivity index (χ4n) is 4.16. The van der Waals surface area contributed by atoms with Gasteiger partial charge in [-0.05, 0) is 41.7 Å². The largest absolute Gasteiger partial charge is 0.442 e. The summed E-state index contributed by atoms with van der Waals surface area (Å²) in [5, 5.41) is 11.7. The van der Waals surface area contributed by atoms with Crippen LogP contribution in [0.15, 0.2) is 24.3 Å². The van der Waals surface area contributed by atoms with Crippen LogP contribution < -0.4 is 10.2 Å². The minimum Gasteiger partial charge on any atom is -0.442 e. The van der Waals surface area contributed by atoms with Crippen LogP contribution in [-0.4, -0.2) is 66.3 Å². The van der Waals surface area contributed by atoms with Gasteiger partial charge in [0.1, 0.15) is 12.7 Å². The van der Waals surface area contributed by atoms with Crippen LogP contribution >= 0.6 is 0 Å². The van der Waals surface area contributed by atoms with Gasteiger partial charge in [0.05, 0.1) is 18.3 Å². The molecule has 1 fully saturated rings. The fraction of sp³-hybridized carbons (Fsp3) is 0.450. The van der Waals surface area contributed by atoms with Gasteiger partial charge in [-0.2, -0.15) is 0 Å². The van der Waals surface area contributed by atoms with E-state index in [1.54, 1.807) is 9.80 Å². The molecule has 28 heavy (non-hydrogen) atoms. The summed E-state index contributed by atoms with van der Waals surface area (Å²) in [6.07, 6.45) is 2.69. The Balaban J connectivity index is 1.51. The van der Waals surface area contributed by atoms with Crippen LogP contribution in [0.2, 0.25) is 0 Å². The number of cyclic esters (lactones) is 1. The lowest BCUT2D eigenvalue weighted by molar-refractivity contribution is -0.133. The Bertz CT molecular complexity index is 865. The molecule has 3 aliphatic heterocycles. The van der Waals surface area contributed by atoms with E-state index in [1.807, 2.05) is 18.2 Å². The molecular formula is C20H23N3O5. The Kier molecular flexibility index (Phi) is 4.80. The SMILES string of the molecule is CC(=O)NC[C@@H]1OC(=O)N2c3ccc(C4=CCN(C(=O)CO)CC4)cc3C[C@@H]12. The van der Waals surface area contributed by atoms with Crippen molar-refractivity contribution in [2.75, 3.05) is 31.1 Å². The number of nitrogens with zero attached hydrogens (tertiary/aromatic N) is 2. The molecule has 0 saturated carbocycles. The number of aliphatic hydroxyl groups is 1. The highest BCUT2D eigenvalue weighted by Crippen LogP contribution is 2.40. The van der Waals surface area contributed by atoms with Crippen molar-refractivity contribution in [3.8, 4) is 0 Å². The predicted molar refractivity (Wildman–Crippen MR) is 102 cm³/mol. The maximum atomic E-state index is 12.3. The van der Waals surface area contributed by atoms with Crippen molar-refractivity contribution in [2.24, 2.45) is 0 Å². The number of carbonyl (C=O) groups is 3. The number of ether oxygens (including phenoxy) is 1. The van der Waals surface area contributed by atoms with Gasteiger partial charge >= 0.3 is 6.09 Å². The predicted octanol–water partition coefficient (Wildman–Crippen LogP) is 0.681. The lowest BCUT2D eigenvalue weighted by Crippen LogP contribution is -2.40. The number of fused-ring (bicyclic) bond motifs is 3. The van der Waals surface area contributed by atoms with Crippen molar-refractivity contribution in [1.29, 1.82) is 0 Å². The van der Waals surface area contributed by atoms with Crippen molar-refractivity contribution in [3.05, 3.63) is 35.4 Å². The van der Waals surface area contributed by atoms with Crippen molar-refractivity contribution in [2.45, 2.75) is 31.9 Å². The molecule has 2 atom stereocenters. The van der Waals surface area contributed by atoms with Gasteiger partial charge in [0, 0.05) is 20.0 Å². The molecule has 1 saturated heterocycles. The zero-order chi connectivity index (χ0) is 19.8. The van der Waals surface area contributed by atoms with Gasteiger partial charge in [-0.25, -0.2) is 4.79 Å². The fourth-order valence-corrected chi connectivity index (χ4v) is 4.16. The van der Waals surface area contributed by atoms with E-state index in [0.717, 1.165) is 28.8 Å². The zero-order valence-corrected chi connectivity index (χ0v) is 15.7. The quantitative estimate of drug-likeness (QED) is 0.794. The van der Waals surface area contributed by atoms with Gasteiger partial charge in [0.15, 0.2) is 0 Å². The molecular weight excluding hydrogens is 362 g/mol. The molecule has 0 aliphatic carbocycles. The van der Waals surface area contributed by atoms with Gasteiger partial charge in [-0.1, -0.05) is 12.1 Å². The lowest BCUT2D eigenvalue weighted by Gasteiger charge is -2.26. The van der Waals surface area contributed by atoms with Crippen LogP contribution in [0.3, 0.4) is 0 Å². The standard InChI is InChI=1S/C20H23N3O5/c1-12(25)21-10-18-17-9-15-8-14(2-3-16(15)23(17)20(27)28-18)13-4-6-22(7-5-13)19(26)11-24/h2-4,8,17-18,24H,5-7,9-11H2,1H3,(H,21,25)/t17-,18-/m0/s1. The molecule has 0 spiro atoms. The zero-order valence-electron chi connectivity index (χ0n) is 15.7. The molecule has 0 unspecified atom stereocenters. The average molecular weight is 385 g/mol. The van der Waals surface area contributed by atoms with Crippen molar-refractivity contribution >= 4 is 29.2 Å². The van der Waals surface area contributed by atoms with Gasteiger partial charge in [-0.3, -0.25) is 14.5 Å². The molecule has 1 aromatic rings. The third-order valence-electron chi connectivity index (χ3n) is 5.60. The highest BCUT2D eigenvalue weighted by atomic mass is 16.6. The van der Waals surface area contributed by atoms with Crippen LogP contribution in [-0.2, 0) is 20.7 Å². The van der Waals surface area contributed by atoms with Crippen molar-refractivity contribution < 1.29 is 24.2 Å². The number of hydrogen-bond donors (Lipinski definition) is 2. The summed E-state index contributed by atoms with van der Waals surface area (Å²) in [6.45, 7) is 2.36. The van der Waals surface area contributed by atoms with E-state index in [2.05, 4.69) is 11.4 Å². The van der Waals surface area contributed by atoms with Crippen LogP contribution in [0.25, 0.3) is 5.57 Å². The minimum atomic E-state index is -0.463. The van der Waals surface area contributed by atoms with Crippen molar-refractivity contribution in [3.63, 3.8) is 0 Å². The molecule has 0 radical (unpaired) electrons. The molecule has 8 heteroatoms. The Morgan fingerprint density at radius 1 is 1.36 bits per heavy atom. The second-order valence-electron chi connectivity index (χ2n) is 7.32. The van der Waals surface area contributed by atoms with E-state index in [9.17, 15) is 14.4 Å². The Morgan fingerprint density at radius 3 is 2.86 bits per heavy atom. The van der Waals surface area contributed by atoms with Crippen LogP contribution in [0.5, 0.6) is 0 Å². The maximum absolute atomic E-state index is 12.3. The summed E-state index contributed by atoms with van der Waals surface area (Å²) in [7, 11) is 0. The summed E-state index contributed by atoms with van der Waals surface area (Å²) in [6, 6.07) is 5.93. The van der Waals surface area contributed by atoms with Gasteiger partial charge in [0.2, 0.25) is 11.8 Å². The normalized spacial score (nSPS) is 23.1. The third kappa shape index (κ3) is 3.24. The number of rotatable bonds is 4. The average Bonchev–Trinajstić information content (AvgIpc) is 3.22. The van der Waals surface area contributed by atoms with E-state index < -0.39 is 6.61 Å². The molecule has 4 rings (SSSR count). The van der Waals surface area contributed by atoms with Gasteiger partial charge in [0.25, 0.3) is 0 Å². The first kappa shape index (κ1) is 18.5. The van der Waals surface area contributed by atoms with E-state index in [-0.39, 0.29) is 30.1 Å². The minimum absolute atomic E-state index is 0.109. The molecule has 3 aliphatic rings. The van der Waals surface area contributed by atoms with E-state index in [1.165, 1.54) is 6.92 Å². The number of aliphatic hydroxyl groups excluding tert-OH is 1. The molecule has 0 aromatic heterocycles. The van der Waals surface area contributed by atoms with E-state index in [4.69, 9.17) is 9.84 Å². The van der Waals surface area contributed by atoms with E-state index in [0.29, 0.717) is 26.1 Å². The third-order valence-corrected chi connectivity index (χ3v) is 5.60. The second-order valence-corrected chi connectivity index (χ2v) is 7.32. The smallest absolute Gasteiger partial charge is 0.415 e. The van der Waals surface area contributed by atoms with E-state index >= 15 is 0 Å². The molecule has 3 amide bonds. The molecule has 2 N–H and O–H groups in total. The number of nitrogens with one attached hydrogen (secondary N) is 1. The first-order valence-electron chi connectivity index (χ1n) is 9.43. The van der Waals surface area contributed by atoms with Crippen LogP contribution in [0, 0.1) is 0 Å².